The summed E-state index contributed by atoms with van der Waals surface area (Å²) in [6.07, 6.45) is 1.87. The van der Waals surface area contributed by atoms with Crippen LogP contribution in [-0.4, -0.2) is 10.3 Å². The van der Waals surface area contributed by atoms with Crippen molar-refractivity contribution in [3.05, 3.63) is 24.0 Å². The van der Waals surface area contributed by atoms with E-state index in [-0.39, 0.29) is 12.3 Å². The molecule has 0 aromatic carbocycles. The lowest BCUT2D eigenvalue weighted by Crippen LogP contribution is -1.97. The van der Waals surface area contributed by atoms with E-state index < -0.39 is 0 Å². The van der Waals surface area contributed by atoms with Crippen molar-refractivity contribution in [3.8, 4) is 12.1 Å². The maximum atomic E-state index is 8.35. The van der Waals surface area contributed by atoms with Gasteiger partial charge in [-0.2, -0.15) is 10.5 Å². The lowest BCUT2D eigenvalue weighted by atomic mass is 10.4. The van der Waals surface area contributed by atoms with Crippen molar-refractivity contribution in [1.29, 1.82) is 10.5 Å². The van der Waals surface area contributed by atoms with Crippen molar-refractivity contribution in [2.75, 3.05) is 0 Å². The first-order chi connectivity index (χ1) is 6.77. The summed E-state index contributed by atoms with van der Waals surface area (Å²) in [4.78, 5) is 4.82. The molecule has 0 radical (unpaired) electrons. The second-order valence-electron chi connectivity index (χ2n) is 2.55. The van der Waals surface area contributed by atoms with Gasteiger partial charge in [-0.25, -0.2) is 0 Å². The molecule has 14 heavy (non-hydrogen) atoms. The maximum Gasteiger partial charge on any atom is 0.256 e. The monoisotopic (exact) mass is 188 g/mol. The van der Waals surface area contributed by atoms with E-state index in [1.807, 2.05) is 29.9 Å². The van der Waals surface area contributed by atoms with Gasteiger partial charge in [0, 0.05) is 13.2 Å². The Hall–Kier alpha value is -2.27. The number of aromatic nitrogens is 1. The van der Waals surface area contributed by atoms with Crippen LogP contribution in [0.1, 0.15) is 5.69 Å². The molecule has 0 saturated heterocycles. The Balaban J connectivity index is 2.52. The minimum Gasteiger partial charge on any atom is -0.388 e. The fourth-order valence-electron chi connectivity index (χ4n) is 0.875. The van der Waals surface area contributed by atoms with Crippen molar-refractivity contribution in [2.45, 2.75) is 6.61 Å². The first kappa shape index (κ1) is 9.82. The van der Waals surface area contributed by atoms with Gasteiger partial charge in [0.1, 0.15) is 12.1 Å². The molecule has 0 saturated carbocycles. The average Bonchev–Trinajstić information content (AvgIpc) is 2.59. The van der Waals surface area contributed by atoms with Crippen LogP contribution in [0.25, 0.3) is 0 Å². The third-order valence-electron chi connectivity index (χ3n) is 1.63. The van der Waals surface area contributed by atoms with E-state index in [0.29, 0.717) is 0 Å². The van der Waals surface area contributed by atoms with E-state index in [9.17, 15) is 0 Å². The molecule has 0 aliphatic carbocycles. The van der Waals surface area contributed by atoms with Crippen LogP contribution in [0.2, 0.25) is 0 Å². The second-order valence-corrected chi connectivity index (χ2v) is 2.55. The largest absolute Gasteiger partial charge is 0.388 e. The summed E-state index contributed by atoms with van der Waals surface area (Å²) in [7, 11) is 1.87. The van der Waals surface area contributed by atoms with Crippen LogP contribution in [0, 0.1) is 22.7 Å². The number of rotatable bonds is 3. The Kier molecular flexibility index (Phi) is 3.28. The highest BCUT2D eigenvalue weighted by Gasteiger charge is 1.98. The Bertz CT molecular complexity index is 403. The zero-order chi connectivity index (χ0) is 10.4. The molecule has 0 spiro atoms. The van der Waals surface area contributed by atoms with Gasteiger partial charge in [-0.15, -0.1) is 0 Å². The van der Waals surface area contributed by atoms with Gasteiger partial charge in [-0.05, 0) is 12.1 Å². The number of nitrogens with zero attached hydrogens (tertiary/aromatic N) is 4. The van der Waals surface area contributed by atoms with Crippen LogP contribution >= 0.6 is 0 Å². The summed E-state index contributed by atoms with van der Waals surface area (Å²) in [5.74, 6) is 0. The number of oxime groups is 1. The lowest BCUT2D eigenvalue weighted by Gasteiger charge is -2.00. The first-order valence-corrected chi connectivity index (χ1v) is 3.88. The topological polar surface area (TPSA) is 74.1 Å². The van der Waals surface area contributed by atoms with Crippen molar-refractivity contribution >= 4 is 5.71 Å². The predicted molar refractivity (Wildman–Crippen MR) is 48.9 cm³/mol. The molecule has 0 fully saturated rings. The Morgan fingerprint density at radius 1 is 1.57 bits per heavy atom. The third kappa shape index (κ3) is 2.36. The van der Waals surface area contributed by atoms with Gasteiger partial charge in [0.25, 0.3) is 5.71 Å². The van der Waals surface area contributed by atoms with Crippen molar-refractivity contribution in [2.24, 2.45) is 12.2 Å². The molecule has 5 nitrogen and oxygen atoms in total. The van der Waals surface area contributed by atoms with E-state index in [1.54, 1.807) is 12.1 Å². The van der Waals surface area contributed by atoms with E-state index >= 15 is 0 Å². The van der Waals surface area contributed by atoms with Crippen LogP contribution in [0.3, 0.4) is 0 Å². The molecule has 1 aromatic heterocycles. The van der Waals surface area contributed by atoms with Gasteiger partial charge in [-0.3, -0.25) is 0 Å². The molecule has 0 bridgehead atoms. The van der Waals surface area contributed by atoms with Crippen molar-refractivity contribution < 1.29 is 4.84 Å². The van der Waals surface area contributed by atoms with Gasteiger partial charge in [0.05, 0.1) is 5.69 Å². The second kappa shape index (κ2) is 4.68. The number of aryl methyl sites for hydroxylation is 1. The summed E-state index contributed by atoms with van der Waals surface area (Å²) in [5, 5.41) is 20.1. The van der Waals surface area contributed by atoms with E-state index in [1.165, 1.54) is 0 Å². The van der Waals surface area contributed by atoms with Gasteiger partial charge < -0.3 is 9.40 Å². The number of hydrogen-bond acceptors (Lipinski definition) is 4. The van der Waals surface area contributed by atoms with Crippen molar-refractivity contribution in [1.82, 2.24) is 4.57 Å². The summed E-state index contributed by atoms with van der Waals surface area (Å²) in [6.45, 7) is 0.246. The zero-order valence-corrected chi connectivity index (χ0v) is 7.64. The van der Waals surface area contributed by atoms with E-state index in [2.05, 4.69) is 5.16 Å². The van der Waals surface area contributed by atoms with Crippen LogP contribution in [-0.2, 0) is 18.5 Å². The normalized spacial score (nSPS) is 8.50. The Morgan fingerprint density at radius 2 is 2.29 bits per heavy atom. The Morgan fingerprint density at radius 3 is 2.79 bits per heavy atom. The Labute approximate surface area is 81.4 Å². The standard InChI is InChI=1S/C9H8N4O/c1-13-4-2-3-9(13)7-14-12-8(5-10)6-11/h2-4H,7H2,1H3. The molecule has 0 aliphatic heterocycles. The highest BCUT2D eigenvalue weighted by atomic mass is 16.6. The fourth-order valence-corrected chi connectivity index (χ4v) is 0.875. The minimum absolute atomic E-state index is 0.246. The fraction of sp³-hybridized carbons (Fsp3) is 0.222. The minimum atomic E-state index is -0.279. The van der Waals surface area contributed by atoms with Crippen LogP contribution < -0.4 is 0 Å². The molecule has 1 heterocycles. The zero-order valence-electron chi connectivity index (χ0n) is 7.64. The molecule has 0 aliphatic rings. The molecule has 0 unspecified atom stereocenters. The quantitative estimate of drug-likeness (QED) is 0.523. The molecule has 1 aromatic rings. The molecule has 70 valence electrons. The summed E-state index contributed by atoms with van der Waals surface area (Å²) < 4.78 is 1.87. The molecular weight excluding hydrogens is 180 g/mol. The van der Waals surface area contributed by atoms with E-state index in [4.69, 9.17) is 15.4 Å². The SMILES string of the molecule is Cn1cccc1CON=C(C#N)C#N. The predicted octanol–water partition coefficient (Wildman–Crippen LogP) is 0.945. The molecule has 0 amide bonds. The molecule has 0 N–H and O–H groups in total. The molecular formula is C9H8N4O. The smallest absolute Gasteiger partial charge is 0.256 e. The average molecular weight is 188 g/mol. The maximum absolute atomic E-state index is 8.35. The number of nitriles is 2. The first-order valence-electron chi connectivity index (χ1n) is 3.88. The number of hydrogen-bond donors (Lipinski definition) is 0. The van der Waals surface area contributed by atoms with Gasteiger partial charge in [0.15, 0.2) is 6.61 Å². The molecule has 5 heteroatoms. The van der Waals surface area contributed by atoms with Gasteiger partial charge in [0.2, 0.25) is 0 Å². The van der Waals surface area contributed by atoms with Crippen molar-refractivity contribution in [3.63, 3.8) is 0 Å². The van der Waals surface area contributed by atoms with Crippen LogP contribution in [0.4, 0.5) is 0 Å². The van der Waals surface area contributed by atoms with Gasteiger partial charge >= 0.3 is 0 Å². The summed E-state index contributed by atoms with van der Waals surface area (Å²) in [5.41, 5.74) is 0.642. The lowest BCUT2D eigenvalue weighted by molar-refractivity contribution is 0.126. The van der Waals surface area contributed by atoms with E-state index in [0.717, 1.165) is 5.69 Å². The van der Waals surface area contributed by atoms with Gasteiger partial charge in [-0.1, -0.05) is 5.16 Å². The highest BCUT2D eigenvalue weighted by molar-refractivity contribution is 6.09. The summed E-state index contributed by atoms with van der Waals surface area (Å²) >= 11 is 0. The van der Waals surface area contributed by atoms with Crippen LogP contribution in [0.5, 0.6) is 0 Å². The van der Waals surface area contributed by atoms with Crippen LogP contribution in [0.15, 0.2) is 23.5 Å². The summed E-state index contributed by atoms with van der Waals surface area (Å²) in [6, 6.07) is 6.95. The molecule has 0 atom stereocenters. The highest BCUT2D eigenvalue weighted by Crippen LogP contribution is 2.01. The third-order valence-corrected chi connectivity index (χ3v) is 1.63. The molecule has 1 rings (SSSR count).